The van der Waals surface area contributed by atoms with E-state index in [1.165, 1.54) is 18.4 Å². The van der Waals surface area contributed by atoms with Crippen molar-refractivity contribution in [1.82, 2.24) is 5.32 Å². The molecule has 1 unspecified atom stereocenters. The summed E-state index contributed by atoms with van der Waals surface area (Å²) < 4.78 is 5.83. The summed E-state index contributed by atoms with van der Waals surface area (Å²) >= 11 is 0. The molecule has 0 saturated heterocycles. The summed E-state index contributed by atoms with van der Waals surface area (Å²) in [5.41, 5.74) is 1.41. The van der Waals surface area contributed by atoms with Gasteiger partial charge in [-0.3, -0.25) is 0 Å². The maximum atomic E-state index is 5.83. The van der Waals surface area contributed by atoms with Crippen LogP contribution in [-0.4, -0.2) is 25.3 Å². The topological polar surface area (TPSA) is 21.3 Å². The molecule has 0 aliphatic heterocycles. The zero-order valence-corrected chi connectivity index (χ0v) is 11.4. The number of rotatable bonds is 9. The molecule has 0 bridgehead atoms. The number of hydrogen-bond donors (Lipinski definition) is 1. The average Bonchev–Trinajstić information content (AvgIpc) is 3.20. The van der Waals surface area contributed by atoms with E-state index in [1.807, 2.05) is 0 Å². The Hall–Kier alpha value is -0.860. The van der Waals surface area contributed by atoms with Crippen LogP contribution in [0.4, 0.5) is 0 Å². The molecular formula is C16H25NO. The van der Waals surface area contributed by atoms with Crippen LogP contribution in [0.5, 0.6) is 0 Å². The summed E-state index contributed by atoms with van der Waals surface area (Å²) in [7, 11) is 0. The van der Waals surface area contributed by atoms with Crippen LogP contribution < -0.4 is 5.32 Å². The zero-order chi connectivity index (χ0) is 12.6. The molecule has 0 amide bonds. The normalized spacial score (nSPS) is 16.7. The van der Waals surface area contributed by atoms with Crippen LogP contribution in [0.1, 0.15) is 38.2 Å². The summed E-state index contributed by atoms with van der Waals surface area (Å²) in [6, 6.07) is 11.4. The van der Waals surface area contributed by atoms with E-state index in [0.29, 0.717) is 6.10 Å². The molecule has 2 rings (SSSR count). The molecule has 2 heteroatoms. The van der Waals surface area contributed by atoms with Crippen LogP contribution in [0.3, 0.4) is 0 Å². The van der Waals surface area contributed by atoms with E-state index >= 15 is 0 Å². The van der Waals surface area contributed by atoms with Crippen LogP contribution in [0.2, 0.25) is 0 Å². The lowest BCUT2D eigenvalue weighted by Crippen LogP contribution is -2.22. The van der Waals surface area contributed by atoms with Crippen LogP contribution in [0.15, 0.2) is 30.3 Å². The van der Waals surface area contributed by atoms with Gasteiger partial charge in [0.15, 0.2) is 0 Å². The number of hydrogen-bond acceptors (Lipinski definition) is 2. The Kier molecular flexibility index (Phi) is 5.69. The maximum absolute atomic E-state index is 5.83. The Balaban J connectivity index is 1.46. The van der Waals surface area contributed by atoms with Crippen molar-refractivity contribution in [3.63, 3.8) is 0 Å². The Morgan fingerprint density at radius 1 is 1.28 bits per heavy atom. The number of benzene rings is 1. The molecule has 1 aliphatic carbocycles. The second-order valence-electron chi connectivity index (χ2n) is 5.29. The third-order valence-corrected chi connectivity index (χ3v) is 3.42. The molecule has 0 spiro atoms. The van der Waals surface area contributed by atoms with Gasteiger partial charge in [-0.2, -0.15) is 0 Å². The SMILES string of the molecule is CC(CCNC1CC1)OCCCc1ccccc1. The molecule has 100 valence electrons. The van der Waals surface area contributed by atoms with Crippen LogP contribution in [0.25, 0.3) is 0 Å². The van der Waals surface area contributed by atoms with Gasteiger partial charge < -0.3 is 10.1 Å². The van der Waals surface area contributed by atoms with E-state index < -0.39 is 0 Å². The fourth-order valence-electron chi connectivity index (χ4n) is 2.07. The lowest BCUT2D eigenvalue weighted by atomic mass is 10.1. The summed E-state index contributed by atoms with van der Waals surface area (Å²) in [4.78, 5) is 0. The second-order valence-corrected chi connectivity index (χ2v) is 5.29. The molecule has 1 aliphatic rings. The molecular weight excluding hydrogens is 222 g/mol. The first kappa shape index (κ1) is 13.6. The summed E-state index contributed by atoms with van der Waals surface area (Å²) in [6.45, 7) is 4.15. The largest absolute Gasteiger partial charge is 0.378 e. The Labute approximate surface area is 111 Å². The highest BCUT2D eigenvalue weighted by Gasteiger charge is 2.19. The van der Waals surface area contributed by atoms with Crippen molar-refractivity contribution in [2.45, 2.75) is 51.2 Å². The van der Waals surface area contributed by atoms with Gasteiger partial charge in [0.25, 0.3) is 0 Å². The summed E-state index contributed by atoms with van der Waals surface area (Å²) in [5.74, 6) is 0. The van der Waals surface area contributed by atoms with Crippen molar-refractivity contribution >= 4 is 0 Å². The van der Waals surface area contributed by atoms with Crippen molar-refractivity contribution in [2.24, 2.45) is 0 Å². The summed E-state index contributed by atoms with van der Waals surface area (Å²) in [5, 5.41) is 3.52. The highest BCUT2D eigenvalue weighted by molar-refractivity contribution is 5.14. The Morgan fingerprint density at radius 2 is 2.06 bits per heavy atom. The molecule has 0 heterocycles. The first-order chi connectivity index (χ1) is 8.84. The highest BCUT2D eigenvalue weighted by Crippen LogP contribution is 2.18. The molecule has 1 fully saturated rings. The molecule has 18 heavy (non-hydrogen) atoms. The molecule has 2 nitrogen and oxygen atoms in total. The van der Waals surface area contributed by atoms with Gasteiger partial charge in [-0.05, 0) is 51.1 Å². The van der Waals surface area contributed by atoms with Gasteiger partial charge in [0.05, 0.1) is 6.10 Å². The minimum absolute atomic E-state index is 0.382. The lowest BCUT2D eigenvalue weighted by Gasteiger charge is -2.13. The fraction of sp³-hybridized carbons (Fsp3) is 0.625. The van der Waals surface area contributed by atoms with Gasteiger partial charge in [-0.15, -0.1) is 0 Å². The highest BCUT2D eigenvalue weighted by atomic mass is 16.5. The van der Waals surface area contributed by atoms with Gasteiger partial charge in [0, 0.05) is 12.6 Å². The van der Waals surface area contributed by atoms with E-state index in [9.17, 15) is 0 Å². The molecule has 1 N–H and O–H groups in total. The standard InChI is InChI=1S/C16H25NO/c1-14(11-12-17-16-9-10-16)18-13-5-8-15-6-3-2-4-7-15/h2-4,6-7,14,16-17H,5,8-13H2,1H3. The van der Waals surface area contributed by atoms with Crippen LogP contribution in [-0.2, 0) is 11.2 Å². The molecule has 1 saturated carbocycles. The molecule has 1 aromatic rings. The van der Waals surface area contributed by atoms with Gasteiger partial charge in [-0.1, -0.05) is 30.3 Å². The maximum Gasteiger partial charge on any atom is 0.0559 e. The first-order valence-corrected chi connectivity index (χ1v) is 7.23. The van der Waals surface area contributed by atoms with Gasteiger partial charge >= 0.3 is 0 Å². The summed E-state index contributed by atoms with van der Waals surface area (Å²) in [6.07, 6.45) is 6.48. The smallest absolute Gasteiger partial charge is 0.0559 e. The second kappa shape index (κ2) is 7.55. The van der Waals surface area contributed by atoms with Crippen LogP contribution in [0, 0.1) is 0 Å². The van der Waals surface area contributed by atoms with Gasteiger partial charge in [-0.25, -0.2) is 0 Å². The minimum Gasteiger partial charge on any atom is -0.378 e. The van der Waals surface area contributed by atoms with Gasteiger partial charge in [0.1, 0.15) is 0 Å². The molecule has 1 aromatic carbocycles. The van der Waals surface area contributed by atoms with Crippen LogP contribution >= 0.6 is 0 Å². The minimum atomic E-state index is 0.382. The number of nitrogens with one attached hydrogen (secondary N) is 1. The van der Waals surface area contributed by atoms with Crippen molar-refractivity contribution < 1.29 is 4.74 Å². The quantitative estimate of drug-likeness (QED) is 0.677. The van der Waals surface area contributed by atoms with E-state index in [1.54, 1.807) is 0 Å². The van der Waals surface area contributed by atoms with Crippen molar-refractivity contribution in [3.8, 4) is 0 Å². The van der Waals surface area contributed by atoms with Crippen molar-refractivity contribution in [1.29, 1.82) is 0 Å². The Bertz CT molecular complexity index is 321. The molecule has 1 atom stereocenters. The van der Waals surface area contributed by atoms with E-state index in [0.717, 1.165) is 38.5 Å². The van der Waals surface area contributed by atoms with Crippen molar-refractivity contribution in [3.05, 3.63) is 35.9 Å². The monoisotopic (exact) mass is 247 g/mol. The van der Waals surface area contributed by atoms with E-state index in [2.05, 4.69) is 42.6 Å². The number of ether oxygens (including phenoxy) is 1. The fourth-order valence-corrected chi connectivity index (χ4v) is 2.07. The van der Waals surface area contributed by atoms with E-state index in [4.69, 9.17) is 4.74 Å². The zero-order valence-electron chi connectivity index (χ0n) is 11.4. The predicted octanol–water partition coefficient (Wildman–Crippen LogP) is 3.17. The predicted molar refractivity (Wildman–Crippen MR) is 75.8 cm³/mol. The third kappa shape index (κ3) is 5.65. The molecule has 0 aromatic heterocycles. The molecule has 0 radical (unpaired) electrons. The average molecular weight is 247 g/mol. The lowest BCUT2D eigenvalue weighted by molar-refractivity contribution is 0.0589. The van der Waals surface area contributed by atoms with Crippen molar-refractivity contribution in [2.75, 3.05) is 13.2 Å². The first-order valence-electron chi connectivity index (χ1n) is 7.23. The Morgan fingerprint density at radius 3 is 2.78 bits per heavy atom. The third-order valence-electron chi connectivity index (χ3n) is 3.42. The van der Waals surface area contributed by atoms with E-state index in [-0.39, 0.29) is 0 Å². The van der Waals surface area contributed by atoms with Gasteiger partial charge in [0.2, 0.25) is 0 Å². The number of aryl methyl sites for hydroxylation is 1.